The van der Waals surface area contributed by atoms with E-state index in [9.17, 15) is 9.18 Å². The molecule has 154 valence electrons. The molecule has 1 heterocycles. The van der Waals surface area contributed by atoms with E-state index in [1.54, 1.807) is 12.1 Å². The molecule has 10 heteroatoms. The third-order valence-electron chi connectivity index (χ3n) is 4.03. The fraction of sp³-hybridized carbons (Fsp3) is 0.100. The third kappa shape index (κ3) is 4.81. The number of carbonyl (C=O) groups is 1. The molecule has 0 atom stereocenters. The molecule has 0 aliphatic carbocycles. The molecule has 3 N–H and O–H groups in total. The Balaban J connectivity index is 1.98. The summed E-state index contributed by atoms with van der Waals surface area (Å²) >= 11 is 5.84. The van der Waals surface area contributed by atoms with Gasteiger partial charge in [-0.2, -0.15) is 0 Å². The maximum atomic E-state index is 13.4. The molecule has 3 aromatic rings. The van der Waals surface area contributed by atoms with E-state index < -0.39 is 11.7 Å². The minimum absolute atomic E-state index is 0.0264. The summed E-state index contributed by atoms with van der Waals surface area (Å²) in [4.78, 5) is 20.7. The second-order valence-electron chi connectivity index (χ2n) is 6.11. The summed E-state index contributed by atoms with van der Waals surface area (Å²) in [5.41, 5.74) is 1.75. The Hall–Kier alpha value is -3.72. The Labute approximate surface area is 176 Å². The number of rotatable bonds is 6. The van der Waals surface area contributed by atoms with Gasteiger partial charge in [0.25, 0.3) is 0 Å². The lowest BCUT2D eigenvalue weighted by atomic mass is 10.1. The summed E-state index contributed by atoms with van der Waals surface area (Å²) in [5, 5.41) is 18.0. The summed E-state index contributed by atoms with van der Waals surface area (Å²) in [7, 11) is 1.47. The number of methoxy groups -OCH3 is 1. The van der Waals surface area contributed by atoms with Gasteiger partial charge >= 0.3 is 0 Å². The van der Waals surface area contributed by atoms with Crippen LogP contribution in [0.2, 0.25) is 5.02 Å². The zero-order chi connectivity index (χ0) is 21.7. The van der Waals surface area contributed by atoms with Crippen LogP contribution in [-0.2, 0) is 4.79 Å². The molecule has 0 fully saturated rings. The molecule has 0 spiro atoms. The lowest BCUT2D eigenvalue weighted by Crippen LogP contribution is -2.10. The summed E-state index contributed by atoms with van der Waals surface area (Å²) in [6, 6.07) is 7.51. The fourth-order valence-electron chi connectivity index (χ4n) is 2.56. The average molecular weight is 430 g/mol. The molecule has 0 bridgehead atoms. The lowest BCUT2D eigenvalue weighted by molar-refractivity contribution is -0.111. The number of benzene rings is 2. The predicted molar refractivity (Wildman–Crippen MR) is 113 cm³/mol. The highest BCUT2D eigenvalue weighted by Crippen LogP contribution is 2.33. The van der Waals surface area contributed by atoms with Crippen LogP contribution in [0, 0.1) is 5.82 Å². The number of anilines is 3. The number of halogens is 2. The Morgan fingerprint density at radius 2 is 2.07 bits per heavy atom. The number of ether oxygens (including phenoxy) is 1. The van der Waals surface area contributed by atoms with Crippen LogP contribution in [0.25, 0.3) is 10.9 Å². The van der Waals surface area contributed by atoms with Crippen LogP contribution < -0.4 is 15.4 Å². The predicted octanol–water partition coefficient (Wildman–Crippen LogP) is 4.52. The first kappa shape index (κ1) is 21.0. The average Bonchev–Trinajstić information content (AvgIpc) is 2.74. The van der Waals surface area contributed by atoms with Crippen molar-refractivity contribution in [3.63, 3.8) is 0 Å². The van der Waals surface area contributed by atoms with Gasteiger partial charge in [-0.1, -0.05) is 16.8 Å². The molecule has 30 heavy (non-hydrogen) atoms. The van der Waals surface area contributed by atoms with Crippen molar-refractivity contribution in [2.45, 2.75) is 6.92 Å². The van der Waals surface area contributed by atoms with Crippen molar-refractivity contribution in [2.75, 3.05) is 17.7 Å². The highest BCUT2D eigenvalue weighted by atomic mass is 35.5. The molecule has 0 aliphatic heterocycles. The van der Waals surface area contributed by atoms with Crippen LogP contribution >= 0.6 is 11.6 Å². The van der Waals surface area contributed by atoms with E-state index in [0.29, 0.717) is 33.8 Å². The van der Waals surface area contributed by atoms with Gasteiger partial charge in [-0.25, -0.2) is 14.4 Å². The number of amides is 1. The van der Waals surface area contributed by atoms with E-state index in [1.807, 2.05) is 0 Å². The van der Waals surface area contributed by atoms with Gasteiger partial charge in [0.2, 0.25) is 5.91 Å². The summed E-state index contributed by atoms with van der Waals surface area (Å²) < 4.78 is 18.8. The minimum atomic E-state index is -0.529. The van der Waals surface area contributed by atoms with Gasteiger partial charge in [0.1, 0.15) is 23.7 Å². The SMILES string of the molecule is COc1cc2ncnc(Nc3ccc(F)c(Cl)c3)c2cc1NC(=O)/C=C/C(C)=N\O. The topological polar surface area (TPSA) is 109 Å². The third-order valence-corrected chi connectivity index (χ3v) is 4.32. The minimum Gasteiger partial charge on any atom is -0.494 e. The second-order valence-corrected chi connectivity index (χ2v) is 6.52. The van der Waals surface area contributed by atoms with Crippen molar-refractivity contribution in [3.05, 3.63) is 59.7 Å². The van der Waals surface area contributed by atoms with Gasteiger partial charge < -0.3 is 20.6 Å². The van der Waals surface area contributed by atoms with E-state index in [2.05, 4.69) is 25.8 Å². The zero-order valence-corrected chi connectivity index (χ0v) is 16.7. The number of hydrogen-bond acceptors (Lipinski definition) is 7. The fourth-order valence-corrected chi connectivity index (χ4v) is 2.75. The van der Waals surface area contributed by atoms with E-state index in [1.165, 1.54) is 50.7 Å². The first-order valence-electron chi connectivity index (χ1n) is 8.64. The molecule has 0 saturated heterocycles. The number of allylic oxidation sites excluding steroid dienone is 1. The monoisotopic (exact) mass is 429 g/mol. The molecule has 1 amide bonds. The van der Waals surface area contributed by atoms with Gasteiger partial charge in [-0.05, 0) is 37.3 Å². The number of nitrogens with one attached hydrogen (secondary N) is 2. The van der Waals surface area contributed by atoms with E-state index in [4.69, 9.17) is 21.5 Å². The van der Waals surface area contributed by atoms with Crippen LogP contribution in [0.4, 0.5) is 21.6 Å². The number of aromatic nitrogens is 2. The van der Waals surface area contributed by atoms with Gasteiger partial charge in [-0.15, -0.1) is 0 Å². The molecule has 3 rings (SSSR count). The molecular weight excluding hydrogens is 413 g/mol. The van der Waals surface area contributed by atoms with E-state index in [0.717, 1.165) is 0 Å². The molecule has 0 saturated carbocycles. The number of hydrogen-bond donors (Lipinski definition) is 3. The van der Waals surface area contributed by atoms with Gasteiger partial charge in [0.15, 0.2) is 0 Å². The Bertz CT molecular complexity index is 1170. The number of fused-ring (bicyclic) bond motifs is 1. The van der Waals surface area contributed by atoms with Gasteiger partial charge in [0.05, 0.1) is 29.0 Å². The summed E-state index contributed by atoms with van der Waals surface area (Å²) in [6.45, 7) is 1.54. The van der Waals surface area contributed by atoms with E-state index >= 15 is 0 Å². The Morgan fingerprint density at radius 3 is 2.77 bits per heavy atom. The van der Waals surface area contributed by atoms with Crippen LogP contribution in [-0.4, -0.2) is 33.9 Å². The molecule has 0 radical (unpaired) electrons. The highest BCUT2D eigenvalue weighted by molar-refractivity contribution is 6.31. The molecule has 2 aromatic carbocycles. The Morgan fingerprint density at radius 1 is 1.27 bits per heavy atom. The largest absolute Gasteiger partial charge is 0.494 e. The summed E-state index contributed by atoms with van der Waals surface area (Å²) in [5.74, 6) is -0.155. The standard InChI is InChI=1S/C20H17ClFN5O3/c1-11(27-29)3-6-19(28)26-17-8-13-16(9-18(17)30-2)23-10-24-20(13)25-12-4-5-15(22)14(21)7-12/h3-10,29H,1-2H3,(H,26,28)(H,23,24,25)/b6-3+,27-11-. The Kier molecular flexibility index (Phi) is 6.43. The second kappa shape index (κ2) is 9.19. The van der Waals surface area contributed by atoms with Crippen molar-refractivity contribution < 1.29 is 19.1 Å². The van der Waals surface area contributed by atoms with Crippen molar-refractivity contribution in [1.82, 2.24) is 9.97 Å². The number of oxime groups is 1. The van der Waals surface area contributed by atoms with Crippen LogP contribution in [0.1, 0.15) is 6.92 Å². The first-order valence-corrected chi connectivity index (χ1v) is 9.01. The molecular formula is C20H17ClFN5O3. The van der Waals surface area contributed by atoms with Gasteiger partial charge in [0, 0.05) is 23.2 Å². The zero-order valence-electron chi connectivity index (χ0n) is 16.0. The quantitative estimate of drug-likeness (QED) is 0.230. The lowest BCUT2D eigenvalue weighted by Gasteiger charge is -2.13. The maximum absolute atomic E-state index is 13.4. The summed E-state index contributed by atoms with van der Waals surface area (Å²) in [6.07, 6.45) is 3.95. The van der Waals surface area contributed by atoms with Crippen LogP contribution in [0.3, 0.4) is 0 Å². The molecule has 0 unspecified atom stereocenters. The normalized spacial score (nSPS) is 11.7. The van der Waals surface area contributed by atoms with Crippen molar-refractivity contribution >= 4 is 51.3 Å². The number of nitrogens with zero attached hydrogens (tertiary/aromatic N) is 3. The van der Waals surface area contributed by atoms with E-state index in [-0.39, 0.29) is 10.7 Å². The van der Waals surface area contributed by atoms with Crippen molar-refractivity contribution in [1.29, 1.82) is 0 Å². The maximum Gasteiger partial charge on any atom is 0.248 e. The molecule has 8 nitrogen and oxygen atoms in total. The van der Waals surface area contributed by atoms with Crippen molar-refractivity contribution in [2.24, 2.45) is 5.16 Å². The number of carbonyl (C=O) groups excluding carboxylic acids is 1. The molecule has 0 aliphatic rings. The van der Waals surface area contributed by atoms with Crippen LogP contribution in [0.5, 0.6) is 5.75 Å². The van der Waals surface area contributed by atoms with Crippen molar-refractivity contribution in [3.8, 4) is 5.75 Å². The molecule has 1 aromatic heterocycles. The first-order chi connectivity index (χ1) is 14.4. The van der Waals surface area contributed by atoms with Crippen LogP contribution in [0.15, 0.2) is 54.0 Å². The highest BCUT2D eigenvalue weighted by Gasteiger charge is 2.13. The smallest absolute Gasteiger partial charge is 0.248 e. The van der Waals surface area contributed by atoms with Gasteiger partial charge in [-0.3, -0.25) is 4.79 Å².